The fourth-order valence-corrected chi connectivity index (χ4v) is 9.71. The summed E-state index contributed by atoms with van der Waals surface area (Å²) in [5, 5.41) is 15.9. The number of benzene rings is 7. The molecule has 1 aliphatic carbocycles. The minimum atomic E-state index is -0.399. The Morgan fingerprint density at radius 2 is 1.21 bits per heavy atom. The van der Waals surface area contributed by atoms with Gasteiger partial charge < -0.3 is 18.5 Å². The third kappa shape index (κ3) is 5.88. The summed E-state index contributed by atoms with van der Waals surface area (Å²) in [6.07, 6.45) is 2.07. The third-order valence-electron chi connectivity index (χ3n) is 13.6. The molecule has 0 radical (unpaired) electrons. The number of phenols is 1. The number of nitrogens with zero attached hydrogens (tertiary/aromatic N) is 3. The van der Waals surface area contributed by atoms with Crippen LogP contribution in [0.3, 0.4) is 0 Å². The SMILES string of the molecule is CC1(C)c2cccc(O)c2-c2nc(-c3cn(-c4ccccc4)c(-c4[c-]cc5oc6ccc(-c7ccccc7)cc6c5c4)n3)cc(-c3ccc4oc5ccccc5c4c3)c2C1(C)C.[Pt]. The van der Waals surface area contributed by atoms with Gasteiger partial charge in [-0.1, -0.05) is 124 Å². The number of phenolic OH excluding ortho intramolecular Hbond substituents is 1. The Morgan fingerprint density at radius 3 is 2.00 bits per heavy atom. The van der Waals surface area contributed by atoms with Crippen molar-refractivity contribution in [1.29, 1.82) is 0 Å². The van der Waals surface area contributed by atoms with Crippen LogP contribution >= 0.6 is 0 Å². The average Bonchev–Trinajstić information content (AvgIpc) is 4.02. The molecule has 0 fully saturated rings. The number of rotatable bonds is 5. The standard InChI is InChI=1S/C56H40N3O3.Pt/c1-55(2)43-19-13-20-46(60)51(43)53-52(56(55,3)4)39(35-23-26-48-40(29-35)38-18-11-12-21-47(38)61-48)31-44(57-53)45-32-59(37-16-9-6-10-17-37)54(58-45)36-24-27-50-42(30-36)41-28-34(22-25-49(41)62-50)33-14-7-5-8-15-33;/h5-23,25-32,60H,1-4H3;/q-1;. The van der Waals surface area contributed by atoms with Gasteiger partial charge in [0.2, 0.25) is 0 Å². The van der Waals surface area contributed by atoms with Crippen molar-refractivity contribution in [1.82, 2.24) is 14.5 Å². The van der Waals surface area contributed by atoms with Crippen molar-refractivity contribution in [2.45, 2.75) is 38.5 Å². The summed E-state index contributed by atoms with van der Waals surface area (Å²) in [6.45, 7) is 9.13. The summed E-state index contributed by atoms with van der Waals surface area (Å²) in [5.41, 5.74) is 13.7. The van der Waals surface area contributed by atoms with E-state index in [-0.39, 0.29) is 32.2 Å². The Labute approximate surface area is 378 Å². The van der Waals surface area contributed by atoms with E-state index in [1.54, 1.807) is 6.07 Å². The molecule has 308 valence electrons. The predicted molar refractivity (Wildman–Crippen MR) is 250 cm³/mol. The molecular weight excluding hydrogens is 958 g/mol. The second-order valence-electron chi connectivity index (χ2n) is 17.5. The fraction of sp³-hybridized carbons (Fsp3) is 0.107. The van der Waals surface area contributed by atoms with Crippen LogP contribution in [0.1, 0.15) is 38.8 Å². The first kappa shape index (κ1) is 38.9. The second kappa shape index (κ2) is 14.3. The van der Waals surface area contributed by atoms with E-state index >= 15 is 0 Å². The Hall–Kier alpha value is -7.01. The molecule has 0 spiro atoms. The van der Waals surface area contributed by atoms with Gasteiger partial charge in [-0.2, -0.15) is 0 Å². The maximum Gasteiger partial charge on any atom is 0.135 e. The third-order valence-corrected chi connectivity index (χ3v) is 13.6. The van der Waals surface area contributed by atoms with E-state index in [9.17, 15) is 5.11 Å². The first-order valence-corrected chi connectivity index (χ1v) is 21.0. The molecule has 0 amide bonds. The number of furan rings is 2. The zero-order chi connectivity index (χ0) is 41.9. The van der Waals surface area contributed by atoms with Gasteiger partial charge in [0.1, 0.15) is 22.5 Å². The maximum atomic E-state index is 11.7. The topological polar surface area (TPSA) is 77.2 Å². The molecule has 0 saturated heterocycles. The number of aromatic nitrogens is 3. The van der Waals surface area contributed by atoms with Gasteiger partial charge in [-0.25, -0.2) is 4.98 Å². The molecule has 4 heterocycles. The average molecular weight is 998 g/mol. The molecule has 0 unspecified atom stereocenters. The van der Waals surface area contributed by atoms with Gasteiger partial charge in [-0.15, -0.1) is 23.8 Å². The van der Waals surface area contributed by atoms with Crippen LogP contribution in [0, 0.1) is 6.07 Å². The normalized spacial score (nSPS) is 13.9. The van der Waals surface area contributed by atoms with Gasteiger partial charge in [0.15, 0.2) is 0 Å². The molecule has 1 aliphatic rings. The van der Waals surface area contributed by atoms with Gasteiger partial charge in [-0.05, 0) is 93.4 Å². The van der Waals surface area contributed by atoms with Crippen LogP contribution in [0.5, 0.6) is 5.75 Å². The Bertz CT molecular complexity index is 3600. The molecule has 7 heteroatoms. The molecule has 7 aromatic carbocycles. The van der Waals surface area contributed by atoms with Crippen LogP contribution in [-0.4, -0.2) is 19.6 Å². The van der Waals surface area contributed by atoms with E-state index in [0.29, 0.717) is 11.4 Å². The van der Waals surface area contributed by atoms with Crippen LogP contribution in [0.2, 0.25) is 0 Å². The van der Waals surface area contributed by atoms with Crippen molar-refractivity contribution in [2.24, 2.45) is 0 Å². The van der Waals surface area contributed by atoms with Crippen LogP contribution in [0.25, 0.3) is 106 Å². The van der Waals surface area contributed by atoms with E-state index in [1.165, 1.54) is 0 Å². The first-order chi connectivity index (χ1) is 30.1. The number of hydrogen-bond donors (Lipinski definition) is 1. The van der Waals surface area contributed by atoms with E-state index in [2.05, 4.69) is 142 Å². The van der Waals surface area contributed by atoms with Gasteiger partial charge in [-0.3, -0.25) is 4.98 Å². The van der Waals surface area contributed by atoms with Crippen LogP contribution in [0.15, 0.2) is 173 Å². The molecule has 63 heavy (non-hydrogen) atoms. The minimum Gasteiger partial charge on any atom is -0.507 e. The second-order valence-corrected chi connectivity index (χ2v) is 17.5. The molecule has 6 nitrogen and oxygen atoms in total. The van der Waals surface area contributed by atoms with Crippen LogP contribution in [0.4, 0.5) is 0 Å². The fourth-order valence-electron chi connectivity index (χ4n) is 9.71. The zero-order valence-electron chi connectivity index (χ0n) is 35.0. The van der Waals surface area contributed by atoms with Gasteiger partial charge in [0.25, 0.3) is 0 Å². The minimum absolute atomic E-state index is 0. The number of hydrogen-bond acceptors (Lipinski definition) is 5. The quantitative estimate of drug-likeness (QED) is 0.174. The largest absolute Gasteiger partial charge is 0.507 e. The molecule has 0 saturated carbocycles. The summed E-state index contributed by atoms with van der Waals surface area (Å²) in [6, 6.07) is 57.3. The zero-order valence-corrected chi connectivity index (χ0v) is 37.3. The Morgan fingerprint density at radius 1 is 0.556 bits per heavy atom. The number of pyridine rings is 1. The Balaban J connectivity index is 0.00000444. The molecule has 11 aromatic rings. The molecule has 0 atom stereocenters. The molecule has 0 bridgehead atoms. The number of aromatic hydroxyl groups is 1. The van der Waals surface area contributed by atoms with Crippen molar-refractivity contribution in [3.63, 3.8) is 0 Å². The number of imidazole rings is 1. The van der Waals surface area contributed by atoms with E-state index < -0.39 is 5.41 Å². The molecule has 12 rings (SSSR count). The molecule has 0 aliphatic heterocycles. The van der Waals surface area contributed by atoms with Crippen molar-refractivity contribution in [2.75, 3.05) is 0 Å². The van der Waals surface area contributed by atoms with Crippen molar-refractivity contribution in [3.8, 4) is 67.7 Å². The summed E-state index contributed by atoms with van der Waals surface area (Å²) in [4.78, 5) is 11.0. The van der Waals surface area contributed by atoms with Gasteiger partial charge in [0.05, 0.1) is 28.5 Å². The van der Waals surface area contributed by atoms with Crippen LogP contribution < -0.4 is 0 Å². The van der Waals surface area contributed by atoms with Gasteiger partial charge >= 0.3 is 0 Å². The summed E-state index contributed by atoms with van der Waals surface area (Å²) in [5.74, 6) is 0.930. The van der Waals surface area contributed by atoms with Crippen LogP contribution in [-0.2, 0) is 31.9 Å². The van der Waals surface area contributed by atoms with Crippen molar-refractivity contribution in [3.05, 3.63) is 181 Å². The first-order valence-electron chi connectivity index (χ1n) is 21.0. The predicted octanol–water partition coefficient (Wildman–Crippen LogP) is 14.5. The monoisotopic (exact) mass is 997 g/mol. The van der Waals surface area contributed by atoms with E-state index in [1.807, 2.05) is 54.6 Å². The van der Waals surface area contributed by atoms with E-state index in [0.717, 1.165) is 106 Å². The molecule has 1 N–H and O–H groups in total. The maximum absolute atomic E-state index is 11.7. The summed E-state index contributed by atoms with van der Waals surface area (Å²) >= 11 is 0. The smallest absolute Gasteiger partial charge is 0.135 e. The number of fused-ring (bicyclic) bond motifs is 9. The molecular formula is C56H40N3O3Pt-. The van der Waals surface area contributed by atoms with Gasteiger partial charge in [0, 0.05) is 60.1 Å². The number of para-hydroxylation sites is 2. The Kier molecular flexibility index (Phi) is 8.80. The van der Waals surface area contributed by atoms with Crippen molar-refractivity contribution >= 4 is 43.9 Å². The summed E-state index contributed by atoms with van der Waals surface area (Å²) in [7, 11) is 0. The summed E-state index contributed by atoms with van der Waals surface area (Å²) < 4.78 is 14.8. The van der Waals surface area contributed by atoms with Crippen molar-refractivity contribution < 1.29 is 35.0 Å². The molecule has 4 aromatic heterocycles. The van der Waals surface area contributed by atoms with E-state index in [4.69, 9.17) is 18.8 Å².